The number of nitrogens with zero attached hydrogens (tertiary/aromatic N) is 2. The first-order chi connectivity index (χ1) is 10.6. The highest BCUT2D eigenvalue weighted by molar-refractivity contribution is 7.13. The van der Waals surface area contributed by atoms with Gasteiger partial charge in [-0.25, -0.2) is 0 Å². The molecule has 2 nitrogen and oxygen atoms in total. The number of rotatable bonds is 5. The fraction of sp³-hybridized carbons (Fsp3) is 0.278. The highest BCUT2D eigenvalue weighted by atomic mass is 35.5. The van der Waals surface area contributed by atoms with Crippen LogP contribution in [-0.4, -0.2) is 29.9 Å². The Balaban J connectivity index is 1.84. The van der Waals surface area contributed by atoms with Gasteiger partial charge < -0.3 is 4.90 Å². The molecule has 0 unspecified atom stereocenters. The highest BCUT2D eigenvalue weighted by Gasteiger charge is 2.09. The zero-order valence-electron chi connectivity index (χ0n) is 12.8. The normalized spacial score (nSPS) is 11.5. The summed E-state index contributed by atoms with van der Waals surface area (Å²) in [6, 6.07) is 14.6. The van der Waals surface area contributed by atoms with Crippen LogP contribution in [0.4, 0.5) is 0 Å². The van der Waals surface area contributed by atoms with Crippen molar-refractivity contribution < 1.29 is 0 Å². The third-order valence-corrected chi connectivity index (χ3v) is 4.79. The second-order valence-corrected chi connectivity index (χ2v) is 7.02. The van der Waals surface area contributed by atoms with Gasteiger partial charge in [-0.15, -0.1) is 0 Å². The first kappa shape index (κ1) is 15.5. The summed E-state index contributed by atoms with van der Waals surface area (Å²) in [4.78, 5) is 2.23. The van der Waals surface area contributed by atoms with Crippen molar-refractivity contribution in [1.29, 1.82) is 0 Å². The summed E-state index contributed by atoms with van der Waals surface area (Å²) in [7, 11) is 4.23. The molecule has 0 amide bonds. The predicted molar refractivity (Wildman–Crippen MR) is 96.9 cm³/mol. The summed E-state index contributed by atoms with van der Waals surface area (Å²) in [6.07, 6.45) is 2.30. The second kappa shape index (κ2) is 6.78. The summed E-state index contributed by atoms with van der Waals surface area (Å²) in [5.41, 5.74) is 3.56. The quantitative estimate of drug-likeness (QED) is 0.646. The molecule has 2 aromatic carbocycles. The van der Waals surface area contributed by atoms with Crippen molar-refractivity contribution >= 4 is 33.2 Å². The Bertz CT molecular complexity index is 762. The van der Waals surface area contributed by atoms with Gasteiger partial charge in [0.2, 0.25) is 0 Å². The zero-order chi connectivity index (χ0) is 15.5. The van der Waals surface area contributed by atoms with E-state index >= 15 is 0 Å². The average molecular weight is 331 g/mol. The van der Waals surface area contributed by atoms with Gasteiger partial charge in [0.25, 0.3) is 0 Å². The topological polar surface area (TPSA) is 16.1 Å². The van der Waals surface area contributed by atoms with Gasteiger partial charge in [-0.05, 0) is 68.8 Å². The Kier molecular flexibility index (Phi) is 4.77. The van der Waals surface area contributed by atoms with E-state index in [-0.39, 0.29) is 0 Å². The number of aromatic nitrogens is 1. The van der Waals surface area contributed by atoms with Crippen molar-refractivity contribution in [2.75, 3.05) is 20.6 Å². The lowest BCUT2D eigenvalue weighted by molar-refractivity contribution is 0.400. The monoisotopic (exact) mass is 330 g/mol. The van der Waals surface area contributed by atoms with Crippen molar-refractivity contribution in [3.05, 3.63) is 53.1 Å². The number of benzene rings is 2. The zero-order valence-corrected chi connectivity index (χ0v) is 14.4. The van der Waals surface area contributed by atoms with Crippen molar-refractivity contribution in [1.82, 2.24) is 9.27 Å². The van der Waals surface area contributed by atoms with Gasteiger partial charge in [-0.3, -0.25) is 0 Å². The molecule has 4 heteroatoms. The Labute approximate surface area is 140 Å². The molecule has 0 aliphatic rings. The number of fused-ring (bicyclic) bond motifs is 1. The van der Waals surface area contributed by atoms with E-state index in [9.17, 15) is 0 Å². The van der Waals surface area contributed by atoms with Crippen LogP contribution in [-0.2, 0) is 6.42 Å². The summed E-state index contributed by atoms with van der Waals surface area (Å²) < 4.78 is 5.89. The van der Waals surface area contributed by atoms with Gasteiger partial charge in [0.1, 0.15) is 0 Å². The Morgan fingerprint density at radius 2 is 1.86 bits per heavy atom. The van der Waals surface area contributed by atoms with Crippen LogP contribution in [0.5, 0.6) is 0 Å². The largest absolute Gasteiger partial charge is 0.309 e. The summed E-state index contributed by atoms with van der Waals surface area (Å²) in [5, 5.41) is 1.98. The SMILES string of the molecule is CN(C)CCCc1ccc2c(-c3ccc(Cl)cc3)nsc2c1. The molecule has 22 heavy (non-hydrogen) atoms. The van der Waals surface area contributed by atoms with E-state index in [1.165, 1.54) is 22.1 Å². The summed E-state index contributed by atoms with van der Waals surface area (Å²) >= 11 is 7.54. The van der Waals surface area contributed by atoms with Crippen LogP contribution in [0.3, 0.4) is 0 Å². The fourth-order valence-corrected chi connectivity index (χ4v) is 3.54. The van der Waals surface area contributed by atoms with Crippen LogP contribution in [0.2, 0.25) is 5.02 Å². The number of halogens is 1. The summed E-state index contributed by atoms with van der Waals surface area (Å²) in [5.74, 6) is 0. The molecule has 0 aliphatic heterocycles. The molecule has 3 rings (SSSR count). The van der Waals surface area contributed by atoms with Gasteiger partial charge in [-0.2, -0.15) is 4.37 Å². The first-order valence-corrected chi connectivity index (χ1v) is 8.57. The molecule has 0 bridgehead atoms. The second-order valence-electron chi connectivity index (χ2n) is 5.78. The molecule has 114 valence electrons. The van der Waals surface area contributed by atoms with Crippen LogP contribution in [0.1, 0.15) is 12.0 Å². The minimum Gasteiger partial charge on any atom is -0.309 e. The molecule has 1 heterocycles. The van der Waals surface area contributed by atoms with Gasteiger partial charge in [0.05, 0.1) is 10.4 Å². The van der Waals surface area contributed by atoms with Gasteiger partial charge in [-0.1, -0.05) is 35.9 Å². The van der Waals surface area contributed by atoms with E-state index in [1.807, 2.05) is 24.3 Å². The molecule has 0 spiro atoms. The van der Waals surface area contributed by atoms with Crippen LogP contribution in [0.25, 0.3) is 21.3 Å². The molecule has 0 fully saturated rings. The minimum atomic E-state index is 0.756. The average Bonchev–Trinajstić information content (AvgIpc) is 2.91. The minimum absolute atomic E-state index is 0.756. The molecular formula is C18H19ClN2S. The molecule has 0 atom stereocenters. The molecule has 0 saturated carbocycles. The summed E-state index contributed by atoms with van der Waals surface area (Å²) in [6.45, 7) is 1.12. The van der Waals surface area contributed by atoms with E-state index in [0.29, 0.717) is 0 Å². The van der Waals surface area contributed by atoms with E-state index in [4.69, 9.17) is 11.6 Å². The number of hydrogen-bond donors (Lipinski definition) is 0. The predicted octanol–water partition coefficient (Wildman–Crippen LogP) is 5.11. The Morgan fingerprint density at radius 1 is 1.09 bits per heavy atom. The smallest absolute Gasteiger partial charge is 0.0919 e. The van der Waals surface area contributed by atoms with Crippen molar-refractivity contribution in [2.24, 2.45) is 0 Å². The molecule has 0 N–H and O–H groups in total. The first-order valence-electron chi connectivity index (χ1n) is 7.42. The highest BCUT2D eigenvalue weighted by Crippen LogP contribution is 2.32. The lowest BCUT2D eigenvalue weighted by Crippen LogP contribution is -2.13. The fourth-order valence-electron chi connectivity index (χ4n) is 2.55. The number of hydrogen-bond acceptors (Lipinski definition) is 3. The maximum absolute atomic E-state index is 5.96. The van der Waals surface area contributed by atoms with Crippen LogP contribution in [0, 0.1) is 0 Å². The van der Waals surface area contributed by atoms with Crippen molar-refractivity contribution in [2.45, 2.75) is 12.8 Å². The molecular weight excluding hydrogens is 312 g/mol. The van der Waals surface area contributed by atoms with Crippen molar-refractivity contribution in [3.8, 4) is 11.3 Å². The van der Waals surface area contributed by atoms with E-state index in [2.05, 4.69) is 41.6 Å². The molecule has 1 aromatic heterocycles. The maximum Gasteiger partial charge on any atom is 0.0919 e. The molecule has 0 aliphatic carbocycles. The van der Waals surface area contributed by atoms with Gasteiger partial charge in [0.15, 0.2) is 0 Å². The third-order valence-electron chi connectivity index (χ3n) is 3.72. The Morgan fingerprint density at radius 3 is 2.59 bits per heavy atom. The van der Waals surface area contributed by atoms with Crippen LogP contribution >= 0.6 is 23.1 Å². The van der Waals surface area contributed by atoms with Gasteiger partial charge >= 0.3 is 0 Å². The van der Waals surface area contributed by atoms with Crippen LogP contribution in [0.15, 0.2) is 42.5 Å². The lowest BCUT2D eigenvalue weighted by atomic mass is 10.0. The van der Waals surface area contributed by atoms with E-state index < -0.39 is 0 Å². The van der Waals surface area contributed by atoms with E-state index in [1.54, 1.807) is 11.5 Å². The lowest BCUT2D eigenvalue weighted by Gasteiger charge is -2.08. The Hall–Kier alpha value is -1.42. The third kappa shape index (κ3) is 3.49. The number of aryl methyl sites for hydroxylation is 1. The maximum atomic E-state index is 5.96. The molecule has 0 radical (unpaired) electrons. The van der Waals surface area contributed by atoms with Gasteiger partial charge in [0, 0.05) is 16.0 Å². The van der Waals surface area contributed by atoms with Crippen molar-refractivity contribution in [3.63, 3.8) is 0 Å². The molecule has 0 saturated heterocycles. The van der Waals surface area contributed by atoms with Crippen LogP contribution < -0.4 is 0 Å². The molecule has 3 aromatic rings. The standard InChI is InChI=1S/C18H19ClN2S/c1-21(2)11-3-4-13-5-10-16-17(12-13)22-20-18(16)14-6-8-15(19)9-7-14/h5-10,12H,3-4,11H2,1-2H3. The van der Waals surface area contributed by atoms with E-state index in [0.717, 1.165) is 29.2 Å².